The van der Waals surface area contributed by atoms with E-state index in [0.29, 0.717) is 36.6 Å². The number of aliphatic hydroxyl groups is 1. The molecule has 0 saturated carbocycles. The summed E-state index contributed by atoms with van der Waals surface area (Å²) in [6, 6.07) is 6.62. The van der Waals surface area contributed by atoms with Crippen LogP contribution in [0, 0.1) is 5.82 Å². The van der Waals surface area contributed by atoms with Gasteiger partial charge in [0.05, 0.1) is 6.61 Å². The average molecular weight is 236 g/mol. The number of aryl methyl sites for hydroxylation is 2. The number of halogens is 1. The maximum absolute atomic E-state index is 13.3. The topological polar surface area (TPSA) is 59.2 Å². The van der Waals surface area contributed by atoms with Gasteiger partial charge in [-0.1, -0.05) is 18.2 Å². The maximum Gasteiger partial charge on any atom is 0.218 e. The molecule has 2 aromatic rings. The van der Waals surface area contributed by atoms with Crippen molar-refractivity contribution in [3.8, 4) is 0 Å². The van der Waals surface area contributed by atoms with Crippen molar-refractivity contribution in [2.45, 2.75) is 19.3 Å². The number of aromatic nitrogens is 2. The Balaban J connectivity index is 1.95. The molecule has 1 heterocycles. The van der Waals surface area contributed by atoms with Crippen LogP contribution >= 0.6 is 0 Å². The predicted molar refractivity (Wildman–Crippen MR) is 58.9 cm³/mol. The summed E-state index contributed by atoms with van der Waals surface area (Å²) in [5.41, 5.74) is 0.634. The van der Waals surface area contributed by atoms with Crippen LogP contribution in [0.2, 0.25) is 0 Å². The fraction of sp³-hybridized carbons (Fsp3) is 0.333. The van der Waals surface area contributed by atoms with Gasteiger partial charge in [0.1, 0.15) is 5.82 Å². The van der Waals surface area contributed by atoms with Crippen molar-refractivity contribution in [3.05, 3.63) is 47.4 Å². The van der Waals surface area contributed by atoms with Gasteiger partial charge in [0.2, 0.25) is 11.8 Å². The number of benzene rings is 1. The summed E-state index contributed by atoms with van der Waals surface area (Å²) in [4.78, 5) is 0. The first-order chi connectivity index (χ1) is 8.29. The lowest BCUT2D eigenvalue weighted by atomic mass is 10.1. The van der Waals surface area contributed by atoms with Crippen LogP contribution in [0.15, 0.2) is 28.7 Å². The molecule has 0 bridgehead atoms. The van der Waals surface area contributed by atoms with Crippen molar-refractivity contribution in [1.29, 1.82) is 0 Å². The van der Waals surface area contributed by atoms with Crippen molar-refractivity contribution >= 4 is 0 Å². The molecule has 0 aliphatic heterocycles. The second-order valence-electron chi connectivity index (χ2n) is 3.65. The van der Waals surface area contributed by atoms with Gasteiger partial charge in [-0.3, -0.25) is 0 Å². The molecule has 0 radical (unpaired) electrons. The monoisotopic (exact) mass is 236 g/mol. The summed E-state index contributed by atoms with van der Waals surface area (Å²) >= 11 is 0. The van der Waals surface area contributed by atoms with Crippen LogP contribution < -0.4 is 0 Å². The highest BCUT2D eigenvalue weighted by atomic mass is 19.1. The van der Waals surface area contributed by atoms with Crippen LogP contribution in [0.25, 0.3) is 0 Å². The minimum absolute atomic E-state index is 0.0189. The molecule has 0 aliphatic rings. The molecule has 0 spiro atoms. The van der Waals surface area contributed by atoms with Crippen LogP contribution in [0.5, 0.6) is 0 Å². The molecule has 17 heavy (non-hydrogen) atoms. The van der Waals surface area contributed by atoms with Crippen LogP contribution in [0.1, 0.15) is 17.3 Å². The number of nitrogens with zero attached hydrogens (tertiary/aromatic N) is 2. The quantitative estimate of drug-likeness (QED) is 0.855. The molecule has 90 valence electrons. The molecule has 2 rings (SSSR count). The summed E-state index contributed by atoms with van der Waals surface area (Å²) in [5.74, 6) is 0.662. The fourth-order valence-electron chi connectivity index (χ4n) is 1.53. The fourth-order valence-corrected chi connectivity index (χ4v) is 1.53. The maximum atomic E-state index is 13.3. The zero-order valence-electron chi connectivity index (χ0n) is 9.27. The molecule has 0 fully saturated rings. The third kappa shape index (κ3) is 3.10. The van der Waals surface area contributed by atoms with Crippen molar-refractivity contribution in [1.82, 2.24) is 10.2 Å². The number of hydrogen-bond acceptors (Lipinski definition) is 4. The number of aliphatic hydroxyl groups excluding tert-OH is 1. The SMILES string of the molecule is OCCc1nnc(CCc2ccccc2F)o1. The highest BCUT2D eigenvalue weighted by Crippen LogP contribution is 2.10. The summed E-state index contributed by atoms with van der Waals surface area (Å²) < 4.78 is 18.6. The normalized spacial score (nSPS) is 10.7. The van der Waals surface area contributed by atoms with E-state index in [2.05, 4.69) is 10.2 Å². The number of rotatable bonds is 5. The molecular formula is C12H13FN2O2. The van der Waals surface area contributed by atoms with Gasteiger partial charge >= 0.3 is 0 Å². The Labute approximate surface area is 98.1 Å². The third-order valence-electron chi connectivity index (χ3n) is 2.40. The van der Waals surface area contributed by atoms with Gasteiger partial charge in [0, 0.05) is 12.8 Å². The average Bonchev–Trinajstić information content (AvgIpc) is 2.76. The molecule has 1 aromatic carbocycles. The van der Waals surface area contributed by atoms with Crippen molar-refractivity contribution in [3.63, 3.8) is 0 Å². The second-order valence-corrected chi connectivity index (χ2v) is 3.65. The van der Waals surface area contributed by atoms with Gasteiger partial charge in [0.15, 0.2) is 0 Å². The van der Waals surface area contributed by atoms with Crippen LogP contribution in [-0.2, 0) is 19.3 Å². The first-order valence-electron chi connectivity index (χ1n) is 5.45. The minimum Gasteiger partial charge on any atom is -0.425 e. The van der Waals surface area contributed by atoms with Gasteiger partial charge in [-0.15, -0.1) is 10.2 Å². The molecule has 0 amide bonds. The molecule has 1 aromatic heterocycles. The minimum atomic E-state index is -0.220. The van der Waals surface area contributed by atoms with Crippen LogP contribution in [-0.4, -0.2) is 21.9 Å². The predicted octanol–water partition coefficient (Wildman–Crippen LogP) is 1.53. The first-order valence-corrected chi connectivity index (χ1v) is 5.45. The van der Waals surface area contributed by atoms with Gasteiger partial charge in [-0.2, -0.15) is 0 Å². The van der Waals surface area contributed by atoms with E-state index in [4.69, 9.17) is 9.52 Å². The molecule has 0 aliphatic carbocycles. The Morgan fingerprint density at radius 3 is 2.47 bits per heavy atom. The van der Waals surface area contributed by atoms with E-state index in [9.17, 15) is 4.39 Å². The summed E-state index contributed by atoms with van der Waals surface area (Å²) in [6.45, 7) is -0.0189. The molecule has 4 nitrogen and oxygen atoms in total. The number of hydrogen-bond donors (Lipinski definition) is 1. The Kier molecular flexibility index (Phi) is 3.82. The zero-order valence-corrected chi connectivity index (χ0v) is 9.27. The van der Waals surface area contributed by atoms with E-state index < -0.39 is 0 Å². The van der Waals surface area contributed by atoms with E-state index >= 15 is 0 Å². The van der Waals surface area contributed by atoms with E-state index in [1.807, 2.05) is 0 Å². The third-order valence-corrected chi connectivity index (χ3v) is 2.40. The second kappa shape index (κ2) is 5.54. The van der Waals surface area contributed by atoms with Crippen molar-refractivity contribution in [2.24, 2.45) is 0 Å². The molecule has 5 heteroatoms. The van der Waals surface area contributed by atoms with Crippen molar-refractivity contribution in [2.75, 3.05) is 6.61 Å². The van der Waals surface area contributed by atoms with Crippen molar-refractivity contribution < 1.29 is 13.9 Å². The Hall–Kier alpha value is -1.75. The van der Waals surface area contributed by atoms with E-state index in [-0.39, 0.29) is 12.4 Å². The van der Waals surface area contributed by atoms with Gasteiger partial charge in [0.25, 0.3) is 0 Å². The first kappa shape index (κ1) is 11.7. The lowest BCUT2D eigenvalue weighted by Gasteiger charge is -1.99. The lowest BCUT2D eigenvalue weighted by molar-refractivity contribution is 0.283. The summed E-state index contributed by atoms with van der Waals surface area (Å²) in [6.07, 6.45) is 1.37. The summed E-state index contributed by atoms with van der Waals surface area (Å²) in [7, 11) is 0. The van der Waals surface area contributed by atoms with Crippen LogP contribution in [0.4, 0.5) is 4.39 Å². The Bertz CT molecular complexity index is 485. The van der Waals surface area contributed by atoms with E-state index in [0.717, 1.165) is 0 Å². The lowest BCUT2D eigenvalue weighted by Crippen LogP contribution is -1.94. The molecule has 0 atom stereocenters. The van der Waals surface area contributed by atoms with Gasteiger partial charge in [-0.05, 0) is 18.1 Å². The highest BCUT2D eigenvalue weighted by molar-refractivity contribution is 5.17. The van der Waals surface area contributed by atoms with Gasteiger partial charge < -0.3 is 9.52 Å². The molecule has 0 unspecified atom stereocenters. The molecule has 1 N–H and O–H groups in total. The highest BCUT2D eigenvalue weighted by Gasteiger charge is 2.07. The summed E-state index contributed by atoms with van der Waals surface area (Å²) in [5, 5.41) is 16.3. The Morgan fingerprint density at radius 2 is 1.76 bits per heavy atom. The van der Waals surface area contributed by atoms with E-state index in [1.165, 1.54) is 6.07 Å². The van der Waals surface area contributed by atoms with E-state index in [1.54, 1.807) is 18.2 Å². The standard InChI is InChI=1S/C12H13FN2O2/c13-10-4-2-1-3-9(10)5-6-11-14-15-12(17-11)7-8-16/h1-4,16H,5-8H2. The van der Waals surface area contributed by atoms with Crippen LogP contribution in [0.3, 0.4) is 0 Å². The largest absolute Gasteiger partial charge is 0.425 e. The van der Waals surface area contributed by atoms with Gasteiger partial charge in [-0.25, -0.2) is 4.39 Å². The Morgan fingerprint density at radius 1 is 1.06 bits per heavy atom. The molecule has 0 saturated heterocycles. The zero-order chi connectivity index (χ0) is 12.1. The smallest absolute Gasteiger partial charge is 0.218 e. The molecular weight excluding hydrogens is 223 g/mol.